The molecule has 26 heavy (non-hydrogen) atoms. The first kappa shape index (κ1) is 18.3. The van der Waals surface area contributed by atoms with Crippen LogP contribution in [0.5, 0.6) is 11.5 Å². The van der Waals surface area contributed by atoms with Gasteiger partial charge in [0.25, 0.3) is 0 Å². The van der Waals surface area contributed by atoms with Gasteiger partial charge in [-0.15, -0.1) is 0 Å². The van der Waals surface area contributed by atoms with Gasteiger partial charge in [0.15, 0.2) is 16.9 Å². The van der Waals surface area contributed by atoms with E-state index in [1.807, 2.05) is 25.1 Å². The first-order valence-electron chi connectivity index (χ1n) is 8.29. The standard InChI is InChI=1S/C20H21ClN2O3/c1-12(13-7-8-18(25-2)19(9-13)26-3)22-11-14-10-17(24)15-5-4-6-16(21)20(15)23-14/h4-10,12,22H,11H2,1-3H3,(H,23,24)/t12-/m0/s1. The molecule has 5 nitrogen and oxygen atoms in total. The first-order valence-corrected chi connectivity index (χ1v) is 8.67. The minimum atomic E-state index is -0.0446. The number of para-hydroxylation sites is 1. The molecule has 0 saturated heterocycles. The van der Waals surface area contributed by atoms with Crippen molar-refractivity contribution in [3.63, 3.8) is 0 Å². The lowest BCUT2D eigenvalue weighted by atomic mass is 10.1. The highest BCUT2D eigenvalue weighted by Gasteiger charge is 2.11. The highest BCUT2D eigenvalue weighted by atomic mass is 35.5. The zero-order valence-electron chi connectivity index (χ0n) is 14.9. The average molecular weight is 373 g/mol. The summed E-state index contributed by atoms with van der Waals surface area (Å²) in [5, 5.41) is 4.53. The van der Waals surface area contributed by atoms with Crippen LogP contribution in [0.4, 0.5) is 0 Å². The number of hydrogen-bond acceptors (Lipinski definition) is 4. The van der Waals surface area contributed by atoms with Crippen molar-refractivity contribution in [2.45, 2.75) is 19.5 Å². The molecular weight excluding hydrogens is 352 g/mol. The summed E-state index contributed by atoms with van der Waals surface area (Å²) in [5.41, 5.74) is 2.46. The van der Waals surface area contributed by atoms with Crippen LogP contribution < -0.4 is 20.2 Å². The molecule has 6 heteroatoms. The van der Waals surface area contributed by atoms with Gasteiger partial charge in [-0.3, -0.25) is 4.79 Å². The van der Waals surface area contributed by atoms with Gasteiger partial charge in [-0.1, -0.05) is 23.7 Å². The summed E-state index contributed by atoms with van der Waals surface area (Å²) in [7, 11) is 3.23. The maximum Gasteiger partial charge on any atom is 0.189 e. The summed E-state index contributed by atoms with van der Waals surface area (Å²) < 4.78 is 10.6. The topological polar surface area (TPSA) is 63.3 Å². The number of benzene rings is 2. The van der Waals surface area contributed by atoms with Gasteiger partial charge in [0.1, 0.15) is 0 Å². The maximum absolute atomic E-state index is 12.3. The normalized spacial score (nSPS) is 12.2. The molecule has 0 fully saturated rings. The van der Waals surface area contributed by atoms with Crippen LogP contribution in [0, 0.1) is 0 Å². The summed E-state index contributed by atoms with van der Waals surface area (Å²) in [6, 6.07) is 12.8. The first-order chi connectivity index (χ1) is 12.5. The van der Waals surface area contributed by atoms with Gasteiger partial charge in [-0.05, 0) is 36.8 Å². The second kappa shape index (κ2) is 7.81. The Bertz CT molecular complexity index is 984. The maximum atomic E-state index is 12.3. The summed E-state index contributed by atoms with van der Waals surface area (Å²) in [5.74, 6) is 1.38. The van der Waals surface area contributed by atoms with E-state index in [-0.39, 0.29) is 11.5 Å². The minimum absolute atomic E-state index is 0.0446. The molecule has 136 valence electrons. The number of hydrogen-bond donors (Lipinski definition) is 2. The lowest BCUT2D eigenvalue weighted by molar-refractivity contribution is 0.354. The molecular formula is C20H21ClN2O3. The van der Waals surface area contributed by atoms with Gasteiger partial charge in [0.05, 0.1) is 24.8 Å². The van der Waals surface area contributed by atoms with Crippen LogP contribution in [0.15, 0.2) is 47.3 Å². The Labute approximate surface area is 156 Å². The summed E-state index contributed by atoms with van der Waals surface area (Å²) in [6.45, 7) is 2.55. The number of aromatic nitrogens is 1. The van der Waals surface area contributed by atoms with E-state index >= 15 is 0 Å². The Morgan fingerprint density at radius 2 is 1.88 bits per heavy atom. The third kappa shape index (κ3) is 3.69. The van der Waals surface area contributed by atoms with Crippen LogP contribution >= 0.6 is 11.6 Å². The van der Waals surface area contributed by atoms with Crippen LogP contribution in [0.3, 0.4) is 0 Å². The van der Waals surface area contributed by atoms with Crippen LogP contribution in [-0.2, 0) is 6.54 Å². The second-order valence-corrected chi connectivity index (χ2v) is 6.45. The number of ether oxygens (including phenoxy) is 2. The van der Waals surface area contributed by atoms with Crippen molar-refractivity contribution in [3.8, 4) is 11.5 Å². The monoisotopic (exact) mass is 372 g/mol. The molecule has 0 aliphatic carbocycles. The van der Waals surface area contributed by atoms with Gasteiger partial charge in [-0.2, -0.15) is 0 Å². The molecule has 1 aromatic heterocycles. The fraction of sp³-hybridized carbons (Fsp3) is 0.250. The number of rotatable bonds is 6. The number of fused-ring (bicyclic) bond motifs is 1. The summed E-state index contributed by atoms with van der Waals surface area (Å²) in [6.07, 6.45) is 0. The van der Waals surface area contributed by atoms with Crippen LogP contribution in [0.1, 0.15) is 24.2 Å². The predicted octanol–water partition coefficient (Wildman–Crippen LogP) is 4.05. The predicted molar refractivity (Wildman–Crippen MR) is 104 cm³/mol. The number of methoxy groups -OCH3 is 2. The Kier molecular flexibility index (Phi) is 5.49. The van der Waals surface area contributed by atoms with Crippen molar-refractivity contribution in [1.82, 2.24) is 10.3 Å². The van der Waals surface area contributed by atoms with E-state index in [0.29, 0.717) is 34.0 Å². The van der Waals surface area contributed by atoms with Crippen molar-refractivity contribution in [1.29, 1.82) is 0 Å². The highest BCUT2D eigenvalue weighted by Crippen LogP contribution is 2.30. The highest BCUT2D eigenvalue weighted by molar-refractivity contribution is 6.35. The molecule has 0 aliphatic rings. The van der Waals surface area contributed by atoms with Crippen LogP contribution in [0.2, 0.25) is 5.02 Å². The van der Waals surface area contributed by atoms with E-state index in [2.05, 4.69) is 10.3 Å². The fourth-order valence-electron chi connectivity index (χ4n) is 2.89. The van der Waals surface area contributed by atoms with E-state index in [1.54, 1.807) is 38.5 Å². The SMILES string of the molecule is COc1ccc([C@H](C)NCc2cc(=O)c3cccc(Cl)c3[nH]2)cc1OC. The van der Waals surface area contributed by atoms with E-state index in [1.165, 1.54) is 0 Å². The molecule has 0 amide bonds. The van der Waals surface area contributed by atoms with Crippen molar-refractivity contribution < 1.29 is 9.47 Å². The molecule has 3 rings (SSSR count). The van der Waals surface area contributed by atoms with Gasteiger partial charge in [0.2, 0.25) is 0 Å². The van der Waals surface area contributed by atoms with Crippen LogP contribution in [0.25, 0.3) is 10.9 Å². The molecule has 0 radical (unpaired) electrons. The van der Waals surface area contributed by atoms with Crippen molar-refractivity contribution in [2.24, 2.45) is 0 Å². The second-order valence-electron chi connectivity index (χ2n) is 6.04. The summed E-state index contributed by atoms with van der Waals surface area (Å²) in [4.78, 5) is 15.5. The zero-order valence-corrected chi connectivity index (χ0v) is 15.7. The Morgan fingerprint density at radius 1 is 1.12 bits per heavy atom. The molecule has 2 N–H and O–H groups in total. The average Bonchev–Trinajstić information content (AvgIpc) is 2.66. The molecule has 1 atom stereocenters. The number of aromatic amines is 1. The molecule has 2 aromatic carbocycles. The smallest absolute Gasteiger partial charge is 0.189 e. The molecule has 0 spiro atoms. The number of halogens is 1. The Morgan fingerprint density at radius 3 is 2.62 bits per heavy atom. The molecule has 3 aromatic rings. The van der Waals surface area contributed by atoms with E-state index < -0.39 is 0 Å². The molecule has 0 saturated carbocycles. The van der Waals surface area contributed by atoms with E-state index in [9.17, 15) is 4.79 Å². The summed E-state index contributed by atoms with van der Waals surface area (Å²) >= 11 is 6.21. The van der Waals surface area contributed by atoms with Crippen molar-refractivity contribution in [2.75, 3.05) is 14.2 Å². The molecule has 0 aliphatic heterocycles. The number of nitrogens with one attached hydrogen (secondary N) is 2. The number of H-pyrrole nitrogens is 1. The minimum Gasteiger partial charge on any atom is -0.493 e. The number of pyridine rings is 1. The van der Waals surface area contributed by atoms with E-state index in [0.717, 1.165) is 11.3 Å². The molecule has 0 bridgehead atoms. The van der Waals surface area contributed by atoms with Crippen molar-refractivity contribution >= 4 is 22.5 Å². The largest absolute Gasteiger partial charge is 0.493 e. The molecule has 0 unspecified atom stereocenters. The van der Waals surface area contributed by atoms with Gasteiger partial charge in [0, 0.05) is 29.7 Å². The van der Waals surface area contributed by atoms with Crippen LogP contribution in [-0.4, -0.2) is 19.2 Å². The lowest BCUT2D eigenvalue weighted by Crippen LogP contribution is -2.20. The van der Waals surface area contributed by atoms with Gasteiger partial charge in [-0.25, -0.2) is 0 Å². The Balaban J connectivity index is 1.79. The lowest BCUT2D eigenvalue weighted by Gasteiger charge is -2.17. The van der Waals surface area contributed by atoms with E-state index in [4.69, 9.17) is 21.1 Å². The zero-order chi connectivity index (χ0) is 18.7. The molecule has 1 heterocycles. The van der Waals surface area contributed by atoms with Gasteiger partial charge < -0.3 is 19.8 Å². The third-order valence-corrected chi connectivity index (χ3v) is 4.69. The fourth-order valence-corrected chi connectivity index (χ4v) is 3.11. The third-order valence-electron chi connectivity index (χ3n) is 4.38. The van der Waals surface area contributed by atoms with Crippen molar-refractivity contribution in [3.05, 3.63) is 69.0 Å². The quantitative estimate of drug-likeness (QED) is 0.685. The Hall–Kier alpha value is -2.50. The van der Waals surface area contributed by atoms with Gasteiger partial charge >= 0.3 is 0 Å².